The number of benzene rings is 1. The Labute approximate surface area is 117 Å². The van der Waals surface area contributed by atoms with Crippen LogP contribution in [0.2, 0.25) is 0 Å². The molecule has 0 fully saturated rings. The first kappa shape index (κ1) is 12.5. The molecule has 6 nitrogen and oxygen atoms in total. The number of amides is 1. The molecule has 1 aliphatic heterocycles. The average Bonchev–Trinajstić information content (AvgIpc) is 2.77. The largest absolute Gasteiger partial charge is 0.317 e. The van der Waals surface area contributed by atoms with Gasteiger partial charge in [-0.1, -0.05) is 30.3 Å². The molecule has 0 unspecified atom stereocenters. The van der Waals surface area contributed by atoms with E-state index >= 15 is 0 Å². The summed E-state index contributed by atoms with van der Waals surface area (Å²) in [5, 5.41) is 15.0. The molecule has 0 bridgehead atoms. The molecule has 2 heterocycles. The lowest BCUT2D eigenvalue weighted by molar-refractivity contribution is -0.383. The van der Waals surface area contributed by atoms with Crippen molar-refractivity contribution in [3.05, 3.63) is 56.3 Å². The minimum absolute atomic E-state index is 0.0389. The molecule has 100 valence electrons. The lowest BCUT2D eigenvalue weighted by Crippen LogP contribution is -2.13. The van der Waals surface area contributed by atoms with Crippen molar-refractivity contribution in [1.29, 1.82) is 0 Å². The quantitative estimate of drug-likeness (QED) is 0.680. The summed E-state index contributed by atoms with van der Waals surface area (Å²) in [7, 11) is 0. The van der Waals surface area contributed by atoms with Gasteiger partial charge in [0.15, 0.2) is 0 Å². The lowest BCUT2D eigenvalue weighted by atomic mass is 10.1. The summed E-state index contributed by atoms with van der Waals surface area (Å²) in [4.78, 5) is 27.1. The second-order valence-corrected chi connectivity index (χ2v) is 5.04. The van der Waals surface area contributed by atoms with E-state index in [4.69, 9.17) is 0 Å². The highest BCUT2D eigenvalue weighted by Crippen LogP contribution is 2.37. The number of hydrogen-bond acceptors (Lipinski definition) is 5. The number of thiophene rings is 1. The number of nitro groups is 1. The van der Waals surface area contributed by atoms with Crippen LogP contribution in [0.4, 0.5) is 11.4 Å². The van der Waals surface area contributed by atoms with E-state index in [0.717, 1.165) is 5.56 Å². The van der Waals surface area contributed by atoms with Gasteiger partial charge in [0.1, 0.15) is 12.2 Å². The van der Waals surface area contributed by atoms with Crippen LogP contribution < -0.4 is 5.32 Å². The summed E-state index contributed by atoms with van der Waals surface area (Å²) in [5.41, 5.74) is 1.59. The zero-order valence-corrected chi connectivity index (χ0v) is 11.0. The summed E-state index contributed by atoms with van der Waals surface area (Å²) in [5.74, 6) is -0.348. The minimum atomic E-state index is -0.496. The second kappa shape index (κ2) is 4.86. The predicted molar refractivity (Wildman–Crippen MR) is 76.6 cm³/mol. The van der Waals surface area contributed by atoms with Crippen LogP contribution in [0.5, 0.6) is 0 Å². The molecule has 1 aliphatic rings. The van der Waals surface area contributed by atoms with E-state index in [1.807, 2.05) is 30.3 Å². The van der Waals surface area contributed by atoms with Crippen molar-refractivity contribution < 1.29 is 9.72 Å². The first-order valence-electron chi connectivity index (χ1n) is 5.83. The third-order valence-corrected chi connectivity index (χ3v) is 3.85. The van der Waals surface area contributed by atoms with E-state index in [2.05, 4.69) is 10.3 Å². The number of nitrogens with one attached hydrogen (secondary N) is 1. The normalized spacial score (nSPS) is 14.0. The van der Waals surface area contributed by atoms with Gasteiger partial charge < -0.3 is 5.32 Å². The number of carbonyl (C=O) groups excluding carboxylic acids is 1. The molecule has 1 amide bonds. The van der Waals surface area contributed by atoms with Crippen molar-refractivity contribution in [3.8, 4) is 0 Å². The number of nitrogens with zero attached hydrogens (tertiary/aromatic N) is 2. The van der Waals surface area contributed by atoms with Gasteiger partial charge in [0.25, 0.3) is 0 Å². The molecular formula is C13H9N3O3S. The van der Waals surface area contributed by atoms with Crippen molar-refractivity contribution in [1.82, 2.24) is 0 Å². The van der Waals surface area contributed by atoms with Crippen LogP contribution in [0.25, 0.3) is 0 Å². The first-order valence-corrected chi connectivity index (χ1v) is 6.71. The molecular weight excluding hydrogens is 278 g/mol. The van der Waals surface area contributed by atoms with Gasteiger partial charge in [-0.25, -0.2) is 0 Å². The van der Waals surface area contributed by atoms with E-state index in [1.54, 1.807) is 0 Å². The van der Waals surface area contributed by atoms with E-state index < -0.39 is 4.92 Å². The van der Waals surface area contributed by atoms with Crippen molar-refractivity contribution in [3.63, 3.8) is 0 Å². The molecule has 1 aromatic heterocycles. The van der Waals surface area contributed by atoms with Crippen molar-refractivity contribution in [2.75, 3.05) is 11.9 Å². The van der Waals surface area contributed by atoms with Crippen LogP contribution in [-0.4, -0.2) is 23.1 Å². The van der Waals surface area contributed by atoms with Crippen LogP contribution in [0.3, 0.4) is 0 Å². The molecule has 3 rings (SSSR count). The third kappa shape index (κ3) is 2.08. The number of hydrogen-bond donors (Lipinski definition) is 1. The fourth-order valence-corrected chi connectivity index (χ4v) is 3.00. The SMILES string of the molecule is O=C1CN=C(c2ccccc2)c2scc([N+](=O)[O-])c2N1. The Bertz CT molecular complexity index is 722. The number of rotatable bonds is 2. The molecule has 20 heavy (non-hydrogen) atoms. The van der Waals surface area contributed by atoms with Gasteiger partial charge in [0.2, 0.25) is 5.91 Å². The Kier molecular flexibility index (Phi) is 3.03. The summed E-state index contributed by atoms with van der Waals surface area (Å²) in [6.45, 7) is -0.0389. The summed E-state index contributed by atoms with van der Waals surface area (Å²) < 4.78 is 0. The Hall–Kier alpha value is -2.54. The maximum absolute atomic E-state index is 11.7. The number of aliphatic imine (C=N–C) groups is 1. The van der Waals surface area contributed by atoms with E-state index in [-0.39, 0.29) is 23.8 Å². The monoisotopic (exact) mass is 287 g/mol. The highest BCUT2D eigenvalue weighted by Gasteiger charge is 2.28. The number of carbonyl (C=O) groups is 1. The highest BCUT2D eigenvalue weighted by molar-refractivity contribution is 7.13. The molecule has 1 N–H and O–H groups in total. The van der Waals surface area contributed by atoms with Crippen molar-refractivity contribution in [2.45, 2.75) is 0 Å². The zero-order valence-electron chi connectivity index (χ0n) is 10.2. The van der Waals surface area contributed by atoms with Crippen molar-refractivity contribution in [2.24, 2.45) is 4.99 Å². The van der Waals surface area contributed by atoms with Gasteiger partial charge >= 0.3 is 5.69 Å². The van der Waals surface area contributed by atoms with Crippen LogP contribution in [-0.2, 0) is 4.79 Å². The molecule has 0 atom stereocenters. The van der Waals surface area contributed by atoms with Gasteiger partial charge in [-0.15, -0.1) is 11.3 Å². The summed E-state index contributed by atoms with van der Waals surface area (Å²) >= 11 is 1.21. The molecule has 0 spiro atoms. The molecule has 0 saturated heterocycles. The van der Waals surface area contributed by atoms with Gasteiger partial charge in [-0.05, 0) is 0 Å². The standard InChI is InChI=1S/C13H9N3O3S/c17-10-6-14-11(8-4-2-1-3-5-8)13-12(15-10)9(7-20-13)16(18)19/h1-5,7H,6H2,(H,15,17). The van der Waals surface area contributed by atoms with Crippen LogP contribution in [0.15, 0.2) is 40.7 Å². The molecule has 0 radical (unpaired) electrons. The Morgan fingerprint density at radius 1 is 1.30 bits per heavy atom. The van der Waals surface area contributed by atoms with Crippen molar-refractivity contribution >= 4 is 34.3 Å². The Morgan fingerprint density at radius 2 is 2.05 bits per heavy atom. The maximum atomic E-state index is 11.7. The van der Waals surface area contributed by atoms with E-state index in [9.17, 15) is 14.9 Å². The molecule has 7 heteroatoms. The van der Waals surface area contributed by atoms with Gasteiger partial charge in [0.05, 0.1) is 20.9 Å². The average molecular weight is 287 g/mol. The highest BCUT2D eigenvalue weighted by atomic mass is 32.1. The summed E-state index contributed by atoms with van der Waals surface area (Å²) in [6, 6.07) is 9.33. The van der Waals surface area contributed by atoms with E-state index in [1.165, 1.54) is 16.7 Å². The Morgan fingerprint density at radius 3 is 2.75 bits per heavy atom. The lowest BCUT2D eigenvalue weighted by Gasteiger charge is -2.04. The molecule has 2 aromatic rings. The fraction of sp³-hybridized carbons (Fsp3) is 0.0769. The van der Waals surface area contributed by atoms with Gasteiger partial charge in [0, 0.05) is 5.56 Å². The second-order valence-electron chi connectivity index (χ2n) is 4.16. The van der Waals surface area contributed by atoms with E-state index in [0.29, 0.717) is 10.6 Å². The predicted octanol–water partition coefficient (Wildman–Crippen LogP) is 2.45. The summed E-state index contributed by atoms with van der Waals surface area (Å²) in [6.07, 6.45) is 0. The Balaban J connectivity index is 2.18. The zero-order chi connectivity index (χ0) is 14.1. The number of anilines is 1. The molecule has 0 saturated carbocycles. The molecule has 1 aromatic carbocycles. The fourth-order valence-electron chi connectivity index (χ4n) is 2.00. The topological polar surface area (TPSA) is 84.6 Å². The van der Waals surface area contributed by atoms with Crippen LogP contribution >= 0.6 is 11.3 Å². The van der Waals surface area contributed by atoms with Gasteiger partial charge in [-0.2, -0.15) is 0 Å². The first-order chi connectivity index (χ1) is 9.66. The minimum Gasteiger partial charge on any atom is -0.317 e. The maximum Gasteiger partial charge on any atom is 0.304 e. The number of fused-ring (bicyclic) bond motifs is 1. The van der Waals surface area contributed by atoms with Gasteiger partial charge in [-0.3, -0.25) is 19.9 Å². The third-order valence-electron chi connectivity index (χ3n) is 2.88. The van der Waals surface area contributed by atoms with Crippen LogP contribution in [0.1, 0.15) is 10.4 Å². The molecule has 0 aliphatic carbocycles. The van der Waals surface area contributed by atoms with Crippen LogP contribution in [0, 0.1) is 10.1 Å². The smallest absolute Gasteiger partial charge is 0.304 e.